The Labute approximate surface area is 112 Å². The molecular weight excluding hydrogens is 244 g/mol. The first-order chi connectivity index (χ1) is 9.08. The number of hydrogen-bond donors (Lipinski definition) is 2. The summed E-state index contributed by atoms with van der Waals surface area (Å²) in [5.74, 6) is -0.347. The fraction of sp³-hybridized carbons (Fsp3) is 0.133. The van der Waals surface area contributed by atoms with Crippen molar-refractivity contribution in [2.75, 3.05) is 6.61 Å². The maximum atomic E-state index is 11.3. The molecule has 0 heterocycles. The van der Waals surface area contributed by atoms with Crippen LogP contribution >= 0.6 is 0 Å². The van der Waals surface area contributed by atoms with E-state index in [0.29, 0.717) is 12.4 Å². The third-order valence-corrected chi connectivity index (χ3v) is 2.22. The molecule has 4 nitrogen and oxygen atoms in total. The number of benzene rings is 1. The van der Waals surface area contributed by atoms with Crippen molar-refractivity contribution in [1.82, 2.24) is 0 Å². The fourth-order valence-corrected chi connectivity index (χ4v) is 1.39. The van der Waals surface area contributed by atoms with Gasteiger partial charge in [0, 0.05) is 6.08 Å². The molecule has 1 rings (SSSR count). The van der Waals surface area contributed by atoms with Gasteiger partial charge in [-0.15, -0.1) is 0 Å². The van der Waals surface area contributed by atoms with Gasteiger partial charge in [-0.1, -0.05) is 18.7 Å². The van der Waals surface area contributed by atoms with Crippen molar-refractivity contribution in [3.05, 3.63) is 54.6 Å². The second-order valence-corrected chi connectivity index (χ2v) is 3.71. The summed E-state index contributed by atoms with van der Waals surface area (Å²) in [5, 5.41) is 19.5. The summed E-state index contributed by atoms with van der Waals surface area (Å²) in [5.41, 5.74) is 0.138. The summed E-state index contributed by atoms with van der Waals surface area (Å²) in [6.07, 6.45) is 5.49. The first kappa shape index (κ1) is 14.6. The highest BCUT2D eigenvalue weighted by Crippen LogP contribution is 2.28. The Morgan fingerprint density at radius 1 is 1.47 bits per heavy atom. The van der Waals surface area contributed by atoms with E-state index < -0.39 is 0 Å². The molecule has 0 saturated heterocycles. The van der Waals surface area contributed by atoms with Crippen LogP contribution in [-0.2, 0) is 4.79 Å². The Bertz CT molecular complexity index is 527. The zero-order chi connectivity index (χ0) is 14.3. The van der Waals surface area contributed by atoms with Crippen LogP contribution < -0.4 is 4.74 Å². The van der Waals surface area contributed by atoms with Gasteiger partial charge in [0.25, 0.3) is 0 Å². The Kier molecular flexibility index (Phi) is 5.41. The highest BCUT2D eigenvalue weighted by molar-refractivity contribution is 6.03. The molecule has 0 atom stereocenters. The minimum absolute atomic E-state index is 0.131. The second kappa shape index (κ2) is 7.06. The van der Waals surface area contributed by atoms with Crippen molar-refractivity contribution in [2.45, 2.75) is 6.92 Å². The molecule has 0 radical (unpaired) electrons. The number of carbonyl (C=O) groups excluding carboxylic acids is 1. The number of ketones is 1. The molecule has 0 spiro atoms. The number of hydrogen-bond acceptors (Lipinski definition) is 4. The molecule has 1 aromatic carbocycles. The lowest BCUT2D eigenvalue weighted by Crippen LogP contribution is -1.95. The molecule has 100 valence electrons. The Hall–Kier alpha value is -2.49. The summed E-state index contributed by atoms with van der Waals surface area (Å²) >= 11 is 0. The van der Waals surface area contributed by atoms with E-state index in [4.69, 9.17) is 4.74 Å². The van der Waals surface area contributed by atoms with E-state index in [0.717, 1.165) is 6.08 Å². The van der Waals surface area contributed by atoms with Crippen molar-refractivity contribution in [3.8, 4) is 11.5 Å². The molecular formula is C15H16O4. The number of phenolic OH excluding ortho intramolecular Hbond substituents is 1. The lowest BCUT2D eigenvalue weighted by molar-refractivity contribution is -0.110. The van der Waals surface area contributed by atoms with Crippen molar-refractivity contribution in [3.63, 3.8) is 0 Å². The third-order valence-electron chi connectivity index (χ3n) is 2.22. The number of ether oxygens (including phenoxy) is 1. The van der Waals surface area contributed by atoms with E-state index in [2.05, 4.69) is 6.58 Å². The largest absolute Gasteiger partial charge is 0.507 e. The van der Waals surface area contributed by atoms with Crippen LogP contribution in [0.5, 0.6) is 11.5 Å². The Morgan fingerprint density at radius 3 is 2.84 bits per heavy atom. The fourth-order valence-electron chi connectivity index (χ4n) is 1.39. The van der Waals surface area contributed by atoms with Gasteiger partial charge >= 0.3 is 0 Å². The molecule has 0 saturated carbocycles. The van der Waals surface area contributed by atoms with E-state index in [-0.39, 0.29) is 22.9 Å². The third kappa shape index (κ3) is 4.35. The standard InChI is InChI=1S/C15H16O4/c1-3-5-11(16)9-15(18)13-10-12(19-8-4-2)6-7-14(13)17/h3-7,9-10,17-18H,2,8H2,1H3/b5-3+,15-9-. The minimum Gasteiger partial charge on any atom is -0.507 e. The highest BCUT2D eigenvalue weighted by Gasteiger charge is 2.09. The lowest BCUT2D eigenvalue weighted by Gasteiger charge is -2.07. The molecule has 0 bridgehead atoms. The predicted molar refractivity (Wildman–Crippen MR) is 74.2 cm³/mol. The maximum Gasteiger partial charge on any atom is 0.182 e. The molecule has 0 aliphatic rings. The van der Waals surface area contributed by atoms with E-state index >= 15 is 0 Å². The van der Waals surface area contributed by atoms with Crippen molar-refractivity contribution in [2.24, 2.45) is 0 Å². The van der Waals surface area contributed by atoms with E-state index in [1.807, 2.05) is 0 Å². The summed E-state index contributed by atoms with van der Waals surface area (Å²) in [7, 11) is 0. The second-order valence-electron chi connectivity index (χ2n) is 3.71. The predicted octanol–water partition coefficient (Wildman–Crippen LogP) is 3.00. The summed E-state index contributed by atoms with van der Waals surface area (Å²) in [6, 6.07) is 4.40. The van der Waals surface area contributed by atoms with Gasteiger partial charge in [-0.2, -0.15) is 0 Å². The molecule has 2 N–H and O–H groups in total. The van der Waals surface area contributed by atoms with E-state index in [1.165, 1.54) is 18.2 Å². The number of carbonyl (C=O) groups is 1. The van der Waals surface area contributed by atoms with Crippen LogP contribution in [-0.4, -0.2) is 22.6 Å². The molecule has 0 fully saturated rings. The zero-order valence-corrected chi connectivity index (χ0v) is 10.7. The number of aliphatic hydroxyl groups excluding tert-OH is 1. The molecule has 19 heavy (non-hydrogen) atoms. The van der Waals surface area contributed by atoms with E-state index in [1.54, 1.807) is 25.1 Å². The monoisotopic (exact) mass is 260 g/mol. The quantitative estimate of drug-likeness (QED) is 0.469. The smallest absolute Gasteiger partial charge is 0.182 e. The average Bonchev–Trinajstić information content (AvgIpc) is 2.37. The van der Waals surface area contributed by atoms with Crippen LogP contribution in [0.15, 0.2) is 49.1 Å². The number of phenols is 1. The molecule has 4 heteroatoms. The Balaban J connectivity index is 3.04. The number of allylic oxidation sites excluding steroid dienone is 3. The molecule has 0 aliphatic heterocycles. The van der Waals surface area contributed by atoms with Gasteiger partial charge in [0.2, 0.25) is 0 Å². The van der Waals surface area contributed by atoms with Crippen molar-refractivity contribution < 1.29 is 19.7 Å². The van der Waals surface area contributed by atoms with Crippen LogP contribution in [0, 0.1) is 0 Å². The van der Waals surface area contributed by atoms with Gasteiger partial charge in [0.1, 0.15) is 23.9 Å². The summed E-state index contributed by atoms with van der Waals surface area (Å²) in [6.45, 7) is 5.53. The molecule has 0 aliphatic carbocycles. The van der Waals surface area contributed by atoms with Crippen LogP contribution in [0.4, 0.5) is 0 Å². The summed E-state index contributed by atoms with van der Waals surface area (Å²) < 4.78 is 5.29. The first-order valence-corrected chi connectivity index (χ1v) is 5.73. The maximum absolute atomic E-state index is 11.3. The van der Waals surface area contributed by atoms with Gasteiger partial charge in [-0.25, -0.2) is 0 Å². The minimum atomic E-state index is -0.364. The normalized spacial score (nSPS) is 11.5. The van der Waals surface area contributed by atoms with Crippen LogP contribution in [0.25, 0.3) is 5.76 Å². The first-order valence-electron chi connectivity index (χ1n) is 5.73. The van der Waals surface area contributed by atoms with Gasteiger partial charge in [0.15, 0.2) is 5.78 Å². The molecule has 1 aromatic rings. The van der Waals surface area contributed by atoms with Gasteiger partial charge < -0.3 is 14.9 Å². The molecule has 0 aromatic heterocycles. The van der Waals surface area contributed by atoms with E-state index in [9.17, 15) is 15.0 Å². The number of aliphatic hydroxyl groups is 1. The SMILES string of the molecule is C=CCOc1ccc(O)c(/C(O)=C/C(=O)/C=C/C)c1. The van der Waals surface area contributed by atoms with Gasteiger partial charge in [0.05, 0.1) is 5.56 Å². The van der Waals surface area contributed by atoms with Crippen LogP contribution in [0.1, 0.15) is 12.5 Å². The molecule has 0 unspecified atom stereocenters. The summed E-state index contributed by atoms with van der Waals surface area (Å²) in [4.78, 5) is 11.3. The van der Waals surface area contributed by atoms with Crippen LogP contribution in [0.2, 0.25) is 0 Å². The number of aromatic hydroxyl groups is 1. The average molecular weight is 260 g/mol. The molecule has 0 amide bonds. The lowest BCUT2D eigenvalue weighted by atomic mass is 10.1. The van der Waals surface area contributed by atoms with Crippen molar-refractivity contribution in [1.29, 1.82) is 0 Å². The Morgan fingerprint density at radius 2 is 2.21 bits per heavy atom. The van der Waals surface area contributed by atoms with Crippen LogP contribution in [0.3, 0.4) is 0 Å². The van der Waals surface area contributed by atoms with Gasteiger partial charge in [-0.05, 0) is 31.2 Å². The van der Waals surface area contributed by atoms with Gasteiger partial charge in [-0.3, -0.25) is 4.79 Å². The zero-order valence-electron chi connectivity index (χ0n) is 10.7. The topological polar surface area (TPSA) is 66.8 Å². The number of rotatable bonds is 6. The highest BCUT2D eigenvalue weighted by atomic mass is 16.5. The van der Waals surface area contributed by atoms with Crippen molar-refractivity contribution >= 4 is 11.5 Å².